The van der Waals surface area contributed by atoms with Crippen LogP contribution in [0.25, 0.3) is 0 Å². The first-order valence-corrected chi connectivity index (χ1v) is 16.4. The van der Waals surface area contributed by atoms with Crippen LogP contribution in [-0.2, 0) is 32.6 Å². The molecule has 230 valence electrons. The molecule has 4 aromatic rings. The van der Waals surface area contributed by atoms with Gasteiger partial charge in [-0.1, -0.05) is 91.3 Å². The molecule has 0 saturated heterocycles. The predicted molar refractivity (Wildman–Crippen MR) is 176 cm³/mol. The van der Waals surface area contributed by atoms with E-state index in [-0.39, 0.29) is 23.8 Å². The van der Waals surface area contributed by atoms with Gasteiger partial charge in [0.05, 0.1) is 10.6 Å². The Morgan fingerprint density at radius 3 is 2.02 bits per heavy atom. The molecule has 0 fully saturated rings. The Balaban J connectivity index is 1.80. The molecular weight excluding hydrogens is 570 g/mol. The van der Waals surface area contributed by atoms with Crippen molar-refractivity contribution in [2.45, 2.75) is 58.0 Å². The summed E-state index contributed by atoms with van der Waals surface area (Å²) >= 11 is 0. The number of rotatable bonds is 13. The van der Waals surface area contributed by atoms with Gasteiger partial charge in [-0.2, -0.15) is 0 Å². The molecule has 0 aliphatic heterocycles. The lowest BCUT2D eigenvalue weighted by Crippen LogP contribution is -2.53. The number of anilines is 1. The fraction of sp³-hybridized carbons (Fsp3) is 0.278. The SMILES string of the molecule is CCCNC(=O)C(Cc1ccccc1)N(Cc1ccc(C)cc1)C(=O)CN(c1ccc(C)c(C)c1)S(=O)(=O)c1ccccc1. The first kappa shape index (κ1) is 32.5. The Kier molecular flexibility index (Phi) is 11.0. The second kappa shape index (κ2) is 14.8. The summed E-state index contributed by atoms with van der Waals surface area (Å²) in [6.07, 6.45) is 1.02. The van der Waals surface area contributed by atoms with Gasteiger partial charge in [-0.25, -0.2) is 8.42 Å². The number of carbonyl (C=O) groups excluding carboxylic acids is 2. The number of amides is 2. The number of hydrogen-bond acceptors (Lipinski definition) is 4. The van der Waals surface area contributed by atoms with Crippen LogP contribution < -0.4 is 9.62 Å². The zero-order valence-corrected chi connectivity index (χ0v) is 26.7. The summed E-state index contributed by atoms with van der Waals surface area (Å²) in [5, 5.41) is 2.97. The molecule has 2 amide bonds. The van der Waals surface area contributed by atoms with Gasteiger partial charge in [-0.3, -0.25) is 13.9 Å². The standard InChI is InChI=1S/C36H41N3O4S/c1-5-22-37-36(41)34(24-30-12-8-6-9-13-30)38(25-31-19-16-27(2)17-20-31)35(40)26-39(32-21-18-28(3)29(4)23-32)44(42,43)33-14-10-7-11-15-33/h6-21,23,34H,5,22,24-26H2,1-4H3,(H,37,41). The summed E-state index contributed by atoms with van der Waals surface area (Å²) in [6, 6.07) is 29.9. The number of benzene rings is 4. The molecule has 0 aromatic heterocycles. The minimum absolute atomic E-state index is 0.0811. The van der Waals surface area contributed by atoms with Gasteiger partial charge >= 0.3 is 0 Å². The molecule has 0 bridgehead atoms. The number of aryl methyl sites for hydroxylation is 3. The minimum atomic E-state index is -4.12. The van der Waals surface area contributed by atoms with Crippen molar-refractivity contribution in [3.05, 3.63) is 131 Å². The quantitative estimate of drug-likeness (QED) is 0.202. The summed E-state index contributed by atoms with van der Waals surface area (Å²) in [5.41, 5.74) is 5.11. The minimum Gasteiger partial charge on any atom is -0.354 e. The van der Waals surface area contributed by atoms with Crippen molar-refractivity contribution in [2.75, 3.05) is 17.4 Å². The maximum Gasteiger partial charge on any atom is 0.264 e. The molecule has 1 N–H and O–H groups in total. The number of carbonyl (C=O) groups is 2. The van der Waals surface area contributed by atoms with Crippen LogP contribution in [0.5, 0.6) is 0 Å². The number of nitrogens with zero attached hydrogens (tertiary/aromatic N) is 2. The molecule has 0 spiro atoms. The van der Waals surface area contributed by atoms with E-state index >= 15 is 0 Å². The van der Waals surface area contributed by atoms with Gasteiger partial charge in [0.1, 0.15) is 12.6 Å². The second-order valence-electron chi connectivity index (χ2n) is 11.1. The van der Waals surface area contributed by atoms with Crippen molar-refractivity contribution in [1.29, 1.82) is 0 Å². The Morgan fingerprint density at radius 2 is 1.41 bits per heavy atom. The third kappa shape index (κ3) is 8.14. The first-order chi connectivity index (χ1) is 21.1. The summed E-state index contributed by atoms with van der Waals surface area (Å²) in [7, 11) is -4.12. The molecule has 0 aliphatic carbocycles. The monoisotopic (exact) mass is 611 g/mol. The fourth-order valence-corrected chi connectivity index (χ4v) is 6.37. The Morgan fingerprint density at radius 1 is 0.773 bits per heavy atom. The van der Waals surface area contributed by atoms with Gasteiger partial charge in [-0.15, -0.1) is 0 Å². The third-order valence-electron chi connectivity index (χ3n) is 7.68. The van der Waals surface area contributed by atoms with Crippen molar-refractivity contribution >= 4 is 27.5 Å². The highest BCUT2D eigenvalue weighted by Crippen LogP contribution is 2.27. The van der Waals surface area contributed by atoms with Gasteiger partial charge in [0.25, 0.3) is 10.0 Å². The molecule has 0 radical (unpaired) electrons. The normalized spacial score (nSPS) is 11.9. The fourth-order valence-electron chi connectivity index (χ4n) is 4.94. The van der Waals surface area contributed by atoms with Gasteiger partial charge in [-0.05, 0) is 73.7 Å². The molecule has 4 rings (SSSR count). The topological polar surface area (TPSA) is 86.8 Å². The molecule has 44 heavy (non-hydrogen) atoms. The molecule has 0 saturated carbocycles. The van der Waals surface area contributed by atoms with Crippen LogP contribution in [-0.4, -0.2) is 44.3 Å². The van der Waals surface area contributed by atoms with Crippen LogP contribution in [0.15, 0.2) is 108 Å². The molecule has 1 atom stereocenters. The highest BCUT2D eigenvalue weighted by Gasteiger charge is 2.34. The van der Waals surface area contributed by atoms with Crippen molar-refractivity contribution < 1.29 is 18.0 Å². The lowest BCUT2D eigenvalue weighted by molar-refractivity contribution is -0.140. The molecule has 4 aromatic carbocycles. The number of sulfonamides is 1. The Labute approximate surface area is 261 Å². The summed E-state index contributed by atoms with van der Waals surface area (Å²) in [5.74, 6) is -0.754. The number of hydrogen-bond donors (Lipinski definition) is 1. The van der Waals surface area contributed by atoms with Crippen molar-refractivity contribution in [1.82, 2.24) is 10.2 Å². The van der Waals surface area contributed by atoms with E-state index in [9.17, 15) is 18.0 Å². The molecule has 1 unspecified atom stereocenters. The molecule has 0 heterocycles. The molecule has 7 nitrogen and oxygen atoms in total. The predicted octanol–water partition coefficient (Wildman–Crippen LogP) is 5.97. The zero-order chi connectivity index (χ0) is 31.7. The van der Waals surface area contributed by atoms with E-state index in [1.54, 1.807) is 30.3 Å². The Hall–Kier alpha value is -4.43. The van der Waals surface area contributed by atoms with E-state index in [1.165, 1.54) is 17.0 Å². The number of nitrogens with one attached hydrogen (secondary N) is 1. The summed E-state index contributed by atoms with van der Waals surface area (Å²) in [6.45, 7) is 7.95. The van der Waals surface area contributed by atoms with Crippen molar-refractivity contribution in [3.8, 4) is 0 Å². The smallest absolute Gasteiger partial charge is 0.264 e. The Bertz CT molecular complexity index is 1660. The van der Waals surface area contributed by atoms with Crippen LogP contribution in [0.3, 0.4) is 0 Å². The van der Waals surface area contributed by atoms with Gasteiger partial charge in [0.15, 0.2) is 0 Å². The van der Waals surface area contributed by atoms with E-state index in [4.69, 9.17) is 0 Å². The van der Waals surface area contributed by atoms with E-state index in [0.29, 0.717) is 12.2 Å². The van der Waals surface area contributed by atoms with Crippen LogP contribution >= 0.6 is 0 Å². The maximum absolute atomic E-state index is 14.5. The average molecular weight is 612 g/mol. The van der Waals surface area contributed by atoms with Crippen LogP contribution in [0.4, 0.5) is 5.69 Å². The highest BCUT2D eigenvalue weighted by molar-refractivity contribution is 7.92. The molecule has 8 heteroatoms. The van der Waals surface area contributed by atoms with E-state index in [0.717, 1.165) is 38.5 Å². The van der Waals surface area contributed by atoms with Crippen LogP contribution in [0.1, 0.15) is 41.2 Å². The molecular formula is C36H41N3O4S. The largest absolute Gasteiger partial charge is 0.354 e. The summed E-state index contributed by atoms with van der Waals surface area (Å²) in [4.78, 5) is 29.8. The maximum atomic E-state index is 14.5. The van der Waals surface area contributed by atoms with Crippen molar-refractivity contribution in [2.24, 2.45) is 0 Å². The van der Waals surface area contributed by atoms with Gasteiger partial charge in [0.2, 0.25) is 11.8 Å². The van der Waals surface area contributed by atoms with Gasteiger partial charge < -0.3 is 10.2 Å². The highest BCUT2D eigenvalue weighted by atomic mass is 32.2. The lowest BCUT2D eigenvalue weighted by atomic mass is 10.0. The molecule has 0 aliphatic rings. The lowest BCUT2D eigenvalue weighted by Gasteiger charge is -2.34. The summed E-state index contributed by atoms with van der Waals surface area (Å²) < 4.78 is 29.3. The van der Waals surface area contributed by atoms with Crippen LogP contribution in [0.2, 0.25) is 0 Å². The zero-order valence-electron chi connectivity index (χ0n) is 25.9. The third-order valence-corrected chi connectivity index (χ3v) is 9.47. The van der Waals surface area contributed by atoms with Crippen LogP contribution in [0, 0.1) is 20.8 Å². The van der Waals surface area contributed by atoms with Crippen molar-refractivity contribution in [3.63, 3.8) is 0 Å². The average Bonchev–Trinajstić information content (AvgIpc) is 3.03. The second-order valence-corrected chi connectivity index (χ2v) is 13.0. The first-order valence-electron chi connectivity index (χ1n) is 14.9. The van der Waals surface area contributed by atoms with E-state index in [1.807, 2.05) is 88.4 Å². The van der Waals surface area contributed by atoms with E-state index < -0.39 is 28.5 Å². The van der Waals surface area contributed by atoms with Gasteiger partial charge in [0, 0.05) is 19.5 Å². The van der Waals surface area contributed by atoms with E-state index in [2.05, 4.69) is 5.32 Å².